The molecule has 0 aliphatic rings. The van der Waals surface area contributed by atoms with Crippen LogP contribution < -0.4 is 14.8 Å². The van der Waals surface area contributed by atoms with Crippen molar-refractivity contribution >= 4 is 17.7 Å². The van der Waals surface area contributed by atoms with E-state index in [9.17, 15) is 18.0 Å². The largest absolute Gasteiger partial charge is 0.497 e. The lowest BCUT2D eigenvalue weighted by atomic mass is 10.2. The Morgan fingerprint density at radius 3 is 2.46 bits per heavy atom. The predicted molar refractivity (Wildman–Crippen MR) is 93.3 cm³/mol. The molecule has 0 saturated heterocycles. The lowest BCUT2D eigenvalue weighted by Crippen LogP contribution is -2.14. The van der Waals surface area contributed by atoms with Crippen LogP contribution in [0, 0.1) is 0 Å². The molecule has 0 unspecified atom stereocenters. The number of anilines is 1. The first-order valence-electron chi connectivity index (χ1n) is 7.79. The van der Waals surface area contributed by atoms with E-state index >= 15 is 0 Å². The van der Waals surface area contributed by atoms with E-state index in [1.54, 1.807) is 55.7 Å². The second kappa shape index (κ2) is 8.94. The van der Waals surface area contributed by atoms with Crippen molar-refractivity contribution in [3.63, 3.8) is 0 Å². The van der Waals surface area contributed by atoms with Gasteiger partial charge in [-0.1, -0.05) is 24.3 Å². The molecule has 0 saturated carbocycles. The molecule has 1 N–H and O–H groups in total. The van der Waals surface area contributed by atoms with Gasteiger partial charge >= 0.3 is 6.18 Å². The molecule has 0 fully saturated rings. The van der Waals surface area contributed by atoms with Crippen LogP contribution >= 0.6 is 0 Å². The zero-order valence-electron chi connectivity index (χ0n) is 14.0. The minimum absolute atomic E-state index is 0.183. The summed E-state index contributed by atoms with van der Waals surface area (Å²) in [6.07, 6.45) is -2.41. The Labute approximate surface area is 149 Å². The number of methoxy groups -OCH3 is 1. The van der Waals surface area contributed by atoms with Crippen molar-refractivity contribution in [2.24, 2.45) is 0 Å². The van der Waals surface area contributed by atoms with Crippen molar-refractivity contribution in [3.05, 3.63) is 60.2 Å². The standard InChI is InChI=1S/C19H18F3NO3/c1-25-15-9-6-14(7-10-15)8-11-18(24)23-16-4-2-3-5-17(16)26-13-12-19(20,21)22/h2-11H,12-13H2,1H3,(H,23,24)/b11-8+. The molecule has 2 aromatic carbocycles. The normalized spacial score (nSPS) is 11.4. The van der Waals surface area contributed by atoms with Crippen LogP contribution in [0.15, 0.2) is 54.6 Å². The SMILES string of the molecule is COc1ccc(/C=C/C(=O)Nc2ccccc2OCCC(F)(F)F)cc1. The maximum atomic E-state index is 12.2. The van der Waals surface area contributed by atoms with Gasteiger partial charge in [-0.2, -0.15) is 13.2 Å². The van der Waals surface area contributed by atoms with Gasteiger partial charge in [0.1, 0.15) is 11.5 Å². The molecule has 1 amide bonds. The summed E-state index contributed by atoms with van der Waals surface area (Å²) < 4.78 is 46.8. The molecule has 0 radical (unpaired) electrons. The fourth-order valence-corrected chi connectivity index (χ4v) is 2.03. The van der Waals surface area contributed by atoms with Crippen molar-refractivity contribution in [2.75, 3.05) is 19.0 Å². The quantitative estimate of drug-likeness (QED) is 0.725. The lowest BCUT2D eigenvalue weighted by molar-refractivity contribution is -0.139. The van der Waals surface area contributed by atoms with Gasteiger partial charge in [0, 0.05) is 6.08 Å². The lowest BCUT2D eigenvalue weighted by Gasteiger charge is -2.12. The van der Waals surface area contributed by atoms with Crippen LogP contribution in [0.2, 0.25) is 0 Å². The predicted octanol–water partition coefficient (Wildman–Crippen LogP) is 4.68. The molecule has 0 aliphatic carbocycles. The van der Waals surface area contributed by atoms with E-state index in [-0.39, 0.29) is 5.75 Å². The highest BCUT2D eigenvalue weighted by molar-refractivity contribution is 6.02. The third-order valence-electron chi connectivity index (χ3n) is 3.33. The van der Waals surface area contributed by atoms with Crippen molar-refractivity contribution in [1.29, 1.82) is 0 Å². The van der Waals surface area contributed by atoms with Crippen LogP contribution in [-0.2, 0) is 4.79 Å². The summed E-state index contributed by atoms with van der Waals surface area (Å²) in [6, 6.07) is 13.4. The third-order valence-corrected chi connectivity index (χ3v) is 3.33. The average molecular weight is 365 g/mol. The van der Waals surface area contributed by atoms with Crippen LogP contribution in [0.1, 0.15) is 12.0 Å². The van der Waals surface area contributed by atoms with Gasteiger partial charge < -0.3 is 14.8 Å². The number of ether oxygens (including phenoxy) is 2. The number of halogens is 3. The number of rotatable bonds is 7. The number of para-hydroxylation sites is 2. The van der Waals surface area contributed by atoms with Crippen LogP contribution in [0.4, 0.5) is 18.9 Å². The van der Waals surface area contributed by atoms with E-state index in [0.717, 1.165) is 5.56 Å². The van der Waals surface area contributed by atoms with E-state index in [1.165, 1.54) is 12.1 Å². The first-order valence-corrected chi connectivity index (χ1v) is 7.79. The van der Waals surface area contributed by atoms with Crippen molar-refractivity contribution in [2.45, 2.75) is 12.6 Å². The Kier molecular flexibility index (Phi) is 6.66. The van der Waals surface area contributed by atoms with Crippen LogP contribution in [-0.4, -0.2) is 25.8 Å². The molecule has 26 heavy (non-hydrogen) atoms. The van der Waals surface area contributed by atoms with Crippen LogP contribution in [0.5, 0.6) is 11.5 Å². The number of carbonyl (C=O) groups excluding carboxylic acids is 1. The molecule has 7 heteroatoms. The zero-order chi connectivity index (χ0) is 19.0. The van der Waals surface area contributed by atoms with Gasteiger partial charge in [0.2, 0.25) is 5.91 Å². The molecule has 2 rings (SSSR count). The molecule has 4 nitrogen and oxygen atoms in total. The minimum Gasteiger partial charge on any atom is -0.497 e. The summed E-state index contributed by atoms with van der Waals surface area (Å²) in [5.74, 6) is 0.465. The monoisotopic (exact) mass is 365 g/mol. The summed E-state index contributed by atoms with van der Waals surface area (Å²) in [4.78, 5) is 12.0. The number of benzene rings is 2. The molecule has 138 valence electrons. The Balaban J connectivity index is 1.96. The highest BCUT2D eigenvalue weighted by Crippen LogP contribution is 2.26. The molecular weight excluding hydrogens is 347 g/mol. The number of hydrogen-bond donors (Lipinski definition) is 1. The number of carbonyl (C=O) groups is 1. The minimum atomic E-state index is -4.29. The van der Waals surface area contributed by atoms with E-state index in [4.69, 9.17) is 9.47 Å². The molecule has 0 atom stereocenters. The molecule has 0 bridgehead atoms. The number of hydrogen-bond acceptors (Lipinski definition) is 3. The molecular formula is C19H18F3NO3. The molecule has 2 aromatic rings. The fraction of sp³-hybridized carbons (Fsp3) is 0.211. The van der Waals surface area contributed by atoms with Gasteiger partial charge in [-0.25, -0.2) is 0 Å². The summed E-state index contributed by atoms with van der Waals surface area (Å²) in [6.45, 7) is -0.516. The first kappa shape index (κ1) is 19.4. The highest BCUT2D eigenvalue weighted by Gasteiger charge is 2.27. The zero-order valence-corrected chi connectivity index (χ0v) is 14.0. The highest BCUT2D eigenvalue weighted by atomic mass is 19.4. The van der Waals surface area contributed by atoms with Gasteiger partial charge in [0.05, 0.1) is 25.8 Å². The third kappa shape index (κ3) is 6.51. The average Bonchev–Trinajstić information content (AvgIpc) is 2.61. The Morgan fingerprint density at radius 2 is 1.81 bits per heavy atom. The van der Waals surface area contributed by atoms with Crippen molar-refractivity contribution in [3.8, 4) is 11.5 Å². The summed E-state index contributed by atoms with van der Waals surface area (Å²) >= 11 is 0. The maximum Gasteiger partial charge on any atom is 0.392 e. The second-order valence-corrected chi connectivity index (χ2v) is 5.31. The van der Waals surface area contributed by atoms with E-state index in [0.29, 0.717) is 11.4 Å². The summed E-state index contributed by atoms with van der Waals surface area (Å²) in [7, 11) is 1.56. The molecule has 0 heterocycles. The van der Waals surface area contributed by atoms with Gasteiger partial charge in [-0.15, -0.1) is 0 Å². The fourth-order valence-electron chi connectivity index (χ4n) is 2.03. The van der Waals surface area contributed by atoms with Gasteiger partial charge in [0.15, 0.2) is 0 Å². The number of amides is 1. The van der Waals surface area contributed by atoms with Gasteiger partial charge in [-0.3, -0.25) is 4.79 Å². The van der Waals surface area contributed by atoms with Crippen molar-refractivity contribution < 1.29 is 27.4 Å². The first-order chi connectivity index (χ1) is 12.4. The number of nitrogens with one attached hydrogen (secondary N) is 1. The Bertz CT molecular complexity index is 755. The Hall–Kier alpha value is -2.96. The van der Waals surface area contributed by atoms with E-state index in [2.05, 4.69) is 5.32 Å². The van der Waals surface area contributed by atoms with Crippen LogP contribution in [0.25, 0.3) is 6.08 Å². The summed E-state index contributed by atoms with van der Waals surface area (Å²) in [5.41, 5.74) is 1.11. The molecule has 0 aromatic heterocycles. The second-order valence-electron chi connectivity index (χ2n) is 5.31. The summed E-state index contributed by atoms with van der Waals surface area (Å²) in [5, 5.41) is 2.59. The molecule has 0 spiro atoms. The smallest absolute Gasteiger partial charge is 0.392 e. The maximum absolute atomic E-state index is 12.2. The van der Waals surface area contributed by atoms with Gasteiger partial charge in [-0.05, 0) is 35.9 Å². The Morgan fingerprint density at radius 1 is 1.12 bits per heavy atom. The van der Waals surface area contributed by atoms with Gasteiger partial charge in [0.25, 0.3) is 0 Å². The molecule has 0 aliphatic heterocycles. The van der Waals surface area contributed by atoms with Crippen LogP contribution in [0.3, 0.4) is 0 Å². The van der Waals surface area contributed by atoms with E-state index in [1.807, 2.05) is 0 Å². The number of alkyl halides is 3. The van der Waals surface area contributed by atoms with E-state index < -0.39 is 25.1 Å². The van der Waals surface area contributed by atoms with Crippen molar-refractivity contribution in [1.82, 2.24) is 0 Å². The topological polar surface area (TPSA) is 47.6 Å².